The van der Waals surface area contributed by atoms with Crippen LogP contribution < -0.4 is 4.74 Å². The van der Waals surface area contributed by atoms with Gasteiger partial charge >= 0.3 is 0 Å². The number of fused-ring (bicyclic) bond motifs is 1. The van der Waals surface area contributed by atoms with Crippen LogP contribution in [0.15, 0.2) is 42.5 Å². The summed E-state index contributed by atoms with van der Waals surface area (Å²) in [6, 6.07) is 13.3. The van der Waals surface area contributed by atoms with Gasteiger partial charge in [-0.15, -0.1) is 0 Å². The molecule has 0 amide bonds. The van der Waals surface area contributed by atoms with Gasteiger partial charge in [0.15, 0.2) is 0 Å². The molecule has 0 saturated heterocycles. The number of carbonyl (C=O) groups excluding carboxylic acids is 1. The lowest BCUT2D eigenvalue weighted by Crippen LogP contribution is -2.06. The van der Waals surface area contributed by atoms with Gasteiger partial charge in [0.05, 0.1) is 18.2 Å². The number of ketones is 1. The Morgan fingerprint density at radius 2 is 1.95 bits per heavy atom. The van der Waals surface area contributed by atoms with Crippen LogP contribution in [0.4, 0.5) is 0 Å². The van der Waals surface area contributed by atoms with E-state index in [2.05, 4.69) is 5.10 Å². The molecule has 0 unspecified atom stereocenters. The van der Waals surface area contributed by atoms with Gasteiger partial charge in [0.25, 0.3) is 0 Å². The summed E-state index contributed by atoms with van der Waals surface area (Å²) >= 11 is 0. The number of rotatable bonds is 3. The van der Waals surface area contributed by atoms with Crippen LogP contribution >= 0.6 is 0 Å². The molecule has 106 valence electrons. The first-order valence-corrected chi connectivity index (χ1v) is 6.73. The molecular formula is C17H16N2O2. The van der Waals surface area contributed by atoms with Gasteiger partial charge in [-0.1, -0.05) is 29.8 Å². The molecule has 3 aromatic rings. The summed E-state index contributed by atoms with van der Waals surface area (Å²) in [6.45, 7) is 1.95. The predicted molar refractivity (Wildman–Crippen MR) is 81.9 cm³/mol. The SMILES string of the molecule is COc1ccc(C)cc1C(=O)c1nn(C)c2ccccc12. The van der Waals surface area contributed by atoms with Crippen LogP contribution in [0.5, 0.6) is 5.75 Å². The van der Waals surface area contributed by atoms with Gasteiger partial charge in [0.1, 0.15) is 11.4 Å². The Labute approximate surface area is 123 Å². The van der Waals surface area contributed by atoms with E-state index in [-0.39, 0.29) is 5.78 Å². The van der Waals surface area contributed by atoms with Crippen LogP contribution in [0.1, 0.15) is 21.6 Å². The fraction of sp³-hybridized carbons (Fsp3) is 0.176. The third kappa shape index (κ3) is 2.18. The number of ether oxygens (including phenoxy) is 1. The molecule has 0 N–H and O–H groups in total. The summed E-state index contributed by atoms with van der Waals surface area (Å²) < 4.78 is 7.03. The zero-order valence-electron chi connectivity index (χ0n) is 12.3. The highest BCUT2D eigenvalue weighted by atomic mass is 16.5. The van der Waals surface area contributed by atoms with Crippen molar-refractivity contribution in [3.8, 4) is 5.75 Å². The van der Waals surface area contributed by atoms with E-state index in [1.807, 2.05) is 56.4 Å². The van der Waals surface area contributed by atoms with Gasteiger partial charge in [-0.3, -0.25) is 9.48 Å². The first-order valence-electron chi connectivity index (χ1n) is 6.73. The van der Waals surface area contributed by atoms with Gasteiger partial charge < -0.3 is 4.74 Å². The smallest absolute Gasteiger partial charge is 0.217 e. The van der Waals surface area contributed by atoms with Crippen molar-refractivity contribution in [2.45, 2.75) is 6.92 Å². The quantitative estimate of drug-likeness (QED) is 0.692. The van der Waals surface area contributed by atoms with Gasteiger partial charge in [0, 0.05) is 12.4 Å². The average Bonchev–Trinajstić information content (AvgIpc) is 2.84. The number of aromatic nitrogens is 2. The normalized spacial score (nSPS) is 10.8. The van der Waals surface area contributed by atoms with Crippen LogP contribution in [-0.2, 0) is 7.05 Å². The van der Waals surface area contributed by atoms with Crippen molar-refractivity contribution in [2.24, 2.45) is 7.05 Å². The van der Waals surface area contributed by atoms with Crippen LogP contribution in [0, 0.1) is 6.92 Å². The molecule has 0 aliphatic rings. The third-order valence-corrected chi connectivity index (χ3v) is 3.57. The van der Waals surface area contributed by atoms with Gasteiger partial charge in [-0.25, -0.2) is 0 Å². The average molecular weight is 280 g/mol. The Morgan fingerprint density at radius 3 is 2.71 bits per heavy atom. The third-order valence-electron chi connectivity index (χ3n) is 3.57. The molecule has 4 heteroatoms. The van der Waals surface area contributed by atoms with E-state index in [0.29, 0.717) is 17.0 Å². The molecule has 1 heterocycles. The highest BCUT2D eigenvalue weighted by Crippen LogP contribution is 2.26. The minimum absolute atomic E-state index is 0.118. The van der Waals surface area contributed by atoms with Gasteiger partial charge in [0.2, 0.25) is 5.78 Å². The second-order valence-corrected chi connectivity index (χ2v) is 5.02. The molecule has 0 saturated carbocycles. The van der Waals surface area contributed by atoms with E-state index in [0.717, 1.165) is 16.5 Å². The maximum absolute atomic E-state index is 12.8. The van der Waals surface area contributed by atoms with Gasteiger partial charge in [-0.2, -0.15) is 5.10 Å². The number of para-hydroxylation sites is 1. The second-order valence-electron chi connectivity index (χ2n) is 5.02. The lowest BCUT2D eigenvalue weighted by atomic mass is 10.0. The first kappa shape index (κ1) is 13.4. The number of benzene rings is 2. The summed E-state index contributed by atoms with van der Waals surface area (Å²) in [5, 5.41) is 5.24. The molecule has 0 bridgehead atoms. The Kier molecular flexibility index (Phi) is 3.22. The lowest BCUT2D eigenvalue weighted by Gasteiger charge is -2.07. The van der Waals surface area contributed by atoms with Crippen LogP contribution in [-0.4, -0.2) is 22.7 Å². The minimum atomic E-state index is -0.118. The number of methoxy groups -OCH3 is 1. The largest absolute Gasteiger partial charge is 0.496 e. The molecule has 0 aliphatic heterocycles. The van der Waals surface area contributed by atoms with E-state index < -0.39 is 0 Å². The fourth-order valence-corrected chi connectivity index (χ4v) is 2.51. The topological polar surface area (TPSA) is 44.1 Å². The second kappa shape index (κ2) is 5.05. The maximum atomic E-state index is 12.8. The summed E-state index contributed by atoms with van der Waals surface area (Å²) in [5.74, 6) is 0.452. The molecule has 1 aromatic heterocycles. The molecule has 0 spiro atoms. The molecule has 4 nitrogen and oxygen atoms in total. The Morgan fingerprint density at radius 1 is 1.19 bits per heavy atom. The van der Waals surface area contributed by atoms with Crippen molar-refractivity contribution in [1.29, 1.82) is 0 Å². The van der Waals surface area contributed by atoms with E-state index in [1.54, 1.807) is 11.8 Å². The highest BCUT2D eigenvalue weighted by Gasteiger charge is 2.20. The number of nitrogens with zero attached hydrogens (tertiary/aromatic N) is 2. The Bertz CT molecular complexity index is 834. The Hall–Kier alpha value is -2.62. The van der Waals surface area contributed by atoms with E-state index in [4.69, 9.17) is 4.74 Å². The number of hydrogen-bond donors (Lipinski definition) is 0. The van der Waals surface area contributed by atoms with Crippen molar-refractivity contribution in [1.82, 2.24) is 9.78 Å². The van der Waals surface area contributed by atoms with Crippen LogP contribution in [0.2, 0.25) is 0 Å². The molecular weight excluding hydrogens is 264 g/mol. The van der Waals surface area contributed by atoms with E-state index >= 15 is 0 Å². The highest BCUT2D eigenvalue weighted by molar-refractivity contribution is 6.16. The zero-order chi connectivity index (χ0) is 15.0. The van der Waals surface area contributed by atoms with Crippen molar-refractivity contribution < 1.29 is 9.53 Å². The molecule has 0 radical (unpaired) electrons. The maximum Gasteiger partial charge on any atom is 0.217 e. The number of aryl methyl sites for hydroxylation is 2. The van der Waals surface area contributed by atoms with E-state index in [1.165, 1.54) is 0 Å². The molecule has 3 rings (SSSR count). The fourth-order valence-electron chi connectivity index (χ4n) is 2.51. The molecule has 0 fully saturated rings. The standard InChI is InChI=1S/C17H16N2O2/c1-11-8-9-15(21-3)13(10-11)17(20)16-12-6-4-5-7-14(12)19(2)18-16/h4-10H,1-3H3. The van der Waals surface area contributed by atoms with Crippen LogP contribution in [0.3, 0.4) is 0 Å². The number of hydrogen-bond acceptors (Lipinski definition) is 3. The van der Waals surface area contributed by atoms with Crippen molar-refractivity contribution in [3.05, 3.63) is 59.3 Å². The van der Waals surface area contributed by atoms with Crippen LogP contribution in [0.25, 0.3) is 10.9 Å². The van der Waals surface area contributed by atoms with E-state index in [9.17, 15) is 4.79 Å². The minimum Gasteiger partial charge on any atom is -0.496 e. The molecule has 21 heavy (non-hydrogen) atoms. The van der Waals surface area contributed by atoms with Crippen molar-refractivity contribution >= 4 is 16.7 Å². The zero-order valence-corrected chi connectivity index (χ0v) is 12.3. The predicted octanol–water partition coefficient (Wildman–Crippen LogP) is 3.12. The monoisotopic (exact) mass is 280 g/mol. The molecule has 2 aromatic carbocycles. The summed E-state index contributed by atoms with van der Waals surface area (Å²) in [5.41, 5.74) is 2.95. The lowest BCUT2D eigenvalue weighted by molar-refractivity contribution is 0.103. The van der Waals surface area contributed by atoms with Crippen molar-refractivity contribution in [2.75, 3.05) is 7.11 Å². The summed E-state index contributed by atoms with van der Waals surface area (Å²) in [7, 11) is 3.41. The number of carbonyl (C=O) groups is 1. The first-order chi connectivity index (χ1) is 10.1. The van der Waals surface area contributed by atoms with Crippen molar-refractivity contribution in [3.63, 3.8) is 0 Å². The summed E-state index contributed by atoms with van der Waals surface area (Å²) in [4.78, 5) is 12.8. The summed E-state index contributed by atoms with van der Waals surface area (Å²) in [6.07, 6.45) is 0. The molecule has 0 atom stereocenters. The Balaban J connectivity index is 2.20. The van der Waals surface area contributed by atoms with Gasteiger partial charge in [-0.05, 0) is 25.1 Å². The molecule has 0 aliphatic carbocycles.